The fourth-order valence-corrected chi connectivity index (χ4v) is 2.77. The quantitative estimate of drug-likeness (QED) is 0.670. The zero-order valence-corrected chi connectivity index (χ0v) is 15.3. The Morgan fingerprint density at radius 3 is 2.38 bits per heavy atom. The van der Waals surface area contributed by atoms with Gasteiger partial charge in [0.05, 0.1) is 11.3 Å². The first-order chi connectivity index (χ1) is 12.6. The van der Waals surface area contributed by atoms with Crippen molar-refractivity contribution in [3.05, 3.63) is 59.2 Å². The van der Waals surface area contributed by atoms with E-state index in [9.17, 15) is 9.59 Å². The van der Waals surface area contributed by atoms with E-state index in [4.69, 9.17) is 0 Å². The maximum Gasteiger partial charge on any atom is 0.253 e. The highest BCUT2D eigenvalue weighted by atomic mass is 16.2. The van der Waals surface area contributed by atoms with Crippen molar-refractivity contribution in [3.8, 4) is 0 Å². The second-order valence-electron chi connectivity index (χ2n) is 6.74. The standard InChI is InChI=1S/C21H25N3O2/c1-14-6-5-9-18(15(14)2)24-19-8-4-3-7-17(19)21(26)23-13-12-22-20(25)16-10-11-16/h3-9,16,24H,10-13H2,1-2H3,(H,22,25)(H,23,26). The van der Waals surface area contributed by atoms with E-state index >= 15 is 0 Å². The van der Waals surface area contributed by atoms with Gasteiger partial charge in [0.15, 0.2) is 0 Å². The molecular formula is C21H25N3O2. The van der Waals surface area contributed by atoms with Crippen LogP contribution in [-0.2, 0) is 4.79 Å². The SMILES string of the molecule is Cc1cccc(Nc2ccccc2C(=O)NCCNC(=O)C2CC2)c1C. The van der Waals surface area contributed by atoms with Crippen molar-refractivity contribution in [1.29, 1.82) is 0 Å². The predicted molar refractivity (Wildman–Crippen MR) is 104 cm³/mol. The van der Waals surface area contributed by atoms with Crippen molar-refractivity contribution in [1.82, 2.24) is 10.6 Å². The Bertz CT molecular complexity index is 813. The molecule has 0 saturated heterocycles. The summed E-state index contributed by atoms with van der Waals surface area (Å²) in [7, 11) is 0. The molecule has 0 aromatic heterocycles. The molecule has 0 bridgehead atoms. The molecule has 5 nitrogen and oxygen atoms in total. The molecule has 0 aliphatic heterocycles. The molecule has 0 spiro atoms. The fraction of sp³-hybridized carbons (Fsp3) is 0.333. The number of hydrogen-bond acceptors (Lipinski definition) is 3. The number of rotatable bonds is 7. The average molecular weight is 351 g/mol. The molecule has 0 atom stereocenters. The molecule has 3 N–H and O–H groups in total. The molecule has 1 saturated carbocycles. The Morgan fingerprint density at radius 1 is 0.923 bits per heavy atom. The topological polar surface area (TPSA) is 70.2 Å². The summed E-state index contributed by atoms with van der Waals surface area (Å²) in [5.41, 5.74) is 4.69. The van der Waals surface area contributed by atoms with Crippen molar-refractivity contribution < 1.29 is 9.59 Å². The molecule has 0 radical (unpaired) electrons. The van der Waals surface area contributed by atoms with Gasteiger partial charge >= 0.3 is 0 Å². The smallest absolute Gasteiger partial charge is 0.253 e. The van der Waals surface area contributed by atoms with Crippen molar-refractivity contribution in [2.45, 2.75) is 26.7 Å². The third-order valence-corrected chi connectivity index (χ3v) is 4.70. The Morgan fingerprint density at radius 2 is 1.62 bits per heavy atom. The highest BCUT2D eigenvalue weighted by molar-refractivity contribution is 6.00. The number of para-hydroxylation sites is 1. The lowest BCUT2D eigenvalue weighted by atomic mass is 10.1. The van der Waals surface area contributed by atoms with Gasteiger partial charge in [-0.2, -0.15) is 0 Å². The molecule has 26 heavy (non-hydrogen) atoms. The molecule has 3 rings (SSSR count). The van der Waals surface area contributed by atoms with E-state index in [1.807, 2.05) is 30.3 Å². The van der Waals surface area contributed by atoms with Crippen LogP contribution in [0.15, 0.2) is 42.5 Å². The summed E-state index contributed by atoms with van der Waals surface area (Å²) in [6, 6.07) is 13.5. The van der Waals surface area contributed by atoms with Gasteiger partial charge in [-0.3, -0.25) is 9.59 Å². The second kappa shape index (κ2) is 8.04. The first-order valence-electron chi connectivity index (χ1n) is 9.04. The number of carbonyl (C=O) groups is 2. The number of anilines is 2. The normalized spacial score (nSPS) is 13.2. The first-order valence-corrected chi connectivity index (χ1v) is 9.04. The molecule has 0 unspecified atom stereocenters. The van der Waals surface area contributed by atoms with Gasteiger partial charge in [-0.25, -0.2) is 0 Å². The van der Waals surface area contributed by atoms with E-state index in [-0.39, 0.29) is 17.7 Å². The highest BCUT2D eigenvalue weighted by Crippen LogP contribution is 2.28. The van der Waals surface area contributed by atoms with Gasteiger partial charge in [-0.1, -0.05) is 24.3 Å². The number of carbonyl (C=O) groups excluding carboxylic acids is 2. The Labute approximate surface area is 154 Å². The van der Waals surface area contributed by atoms with Crippen LogP contribution < -0.4 is 16.0 Å². The maximum absolute atomic E-state index is 12.5. The highest BCUT2D eigenvalue weighted by Gasteiger charge is 2.29. The van der Waals surface area contributed by atoms with Gasteiger partial charge < -0.3 is 16.0 Å². The molecule has 1 fully saturated rings. The lowest BCUT2D eigenvalue weighted by Gasteiger charge is -2.15. The molecule has 136 valence electrons. The molecule has 1 aliphatic rings. The number of benzene rings is 2. The van der Waals surface area contributed by atoms with Gasteiger partial charge in [0.1, 0.15) is 0 Å². The molecule has 5 heteroatoms. The second-order valence-corrected chi connectivity index (χ2v) is 6.74. The summed E-state index contributed by atoms with van der Waals surface area (Å²) in [5, 5.41) is 9.09. The summed E-state index contributed by atoms with van der Waals surface area (Å²) >= 11 is 0. The van der Waals surface area contributed by atoms with Crippen LogP contribution in [0.2, 0.25) is 0 Å². The summed E-state index contributed by atoms with van der Waals surface area (Å²) in [6.07, 6.45) is 1.96. The van der Waals surface area contributed by atoms with Crippen LogP contribution >= 0.6 is 0 Å². The van der Waals surface area contributed by atoms with Crippen LogP contribution in [-0.4, -0.2) is 24.9 Å². The van der Waals surface area contributed by atoms with Crippen molar-refractivity contribution in [2.24, 2.45) is 5.92 Å². The molecule has 2 aromatic carbocycles. The van der Waals surface area contributed by atoms with Crippen molar-refractivity contribution >= 4 is 23.2 Å². The summed E-state index contributed by atoms with van der Waals surface area (Å²) in [5.74, 6) is 0.128. The average Bonchev–Trinajstić information content (AvgIpc) is 3.48. The number of amides is 2. The fourth-order valence-electron chi connectivity index (χ4n) is 2.77. The van der Waals surface area contributed by atoms with Gasteiger partial charge in [0.2, 0.25) is 5.91 Å². The molecular weight excluding hydrogens is 326 g/mol. The summed E-state index contributed by atoms with van der Waals surface area (Å²) in [4.78, 5) is 24.1. The molecule has 0 heterocycles. The monoisotopic (exact) mass is 351 g/mol. The zero-order valence-electron chi connectivity index (χ0n) is 15.3. The predicted octanol–water partition coefficient (Wildman–Crippen LogP) is 3.30. The Kier molecular flexibility index (Phi) is 5.56. The van der Waals surface area contributed by atoms with Crippen LogP contribution in [0.25, 0.3) is 0 Å². The number of hydrogen-bond donors (Lipinski definition) is 3. The van der Waals surface area contributed by atoms with E-state index in [1.54, 1.807) is 6.07 Å². The maximum atomic E-state index is 12.5. The number of aryl methyl sites for hydroxylation is 1. The van der Waals surface area contributed by atoms with Gasteiger partial charge in [0, 0.05) is 24.7 Å². The largest absolute Gasteiger partial charge is 0.355 e. The summed E-state index contributed by atoms with van der Waals surface area (Å²) < 4.78 is 0. The molecule has 1 aliphatic carbocycles. The van der Waals surface area contributed by atoms with Crippen LogP contribution in [0.4, 0.5) is 11.4 Å². The zero-order chi connectivity index (χ0) is 18.5. The summed E-state index contributed by atoms with van der Waals surface area (Å²) in [6.45, 7) is 4.99. The third kappa shape index (κ3) is 4.42. The van der Waals surface area contributed by atoms with Crippen molar-refractivity contribution in [3.63, 3.8) is 0 Å². The van der Waals surface area contributed by atoms with Crippen LogP contribution in [0.3, 0.4) is 0 Å². The first kappa shape index (κ1) is 18.0. The van der Waals surface area contributed by atoms with E-state index in [0.717, 1.165) is 29.8 Å². The van der Waals surface area contributed by atoms with Gasteiger partial charge in [-0.05, 0) is 56.0 Å². The minimum atomic E-state index is -0.154. The van der Waals surface area contributed by atoms with E-state index in [0.29, 0.717) is 18.7 Å². The lowest BCUT2D eigenvalue weighted by Crippen LogP contribution is -2.35. The minimum Gasteiger partial charge on any atom is -0.355 e. The van der Waals surface area contributed by atoms with E-state index < -0.39 is 0 Å². The van der Waals surface area contributed by atoms with Crippen LogP contribution in [0.5, 0.6) is 0 Å². The molecule has 2 amide bonds. The Hall–Kier alpha value is -2.82. The van der Waals surface area contributed by atoms with E-state index in [1.165, 1.54) is 5.56 Å². The third-order valence-electron chi connectivity index (χ3n) is 4.70. The number of nitrogens with one attached hydrogen (secondary N) is 3. The minimum absolute atomic E-state index is 0.0937. The molecule has 2 aromatic rings. The Balaban J connectivity index is 1.61. The van der Waals surface area contributed by atoms with Crippen LogP contribution in [0, 0.1) is 19.8 Å². The van der Waals surface area contributed by atoms with Gasteiger partial charge in [-0.15, -0.1) is 0 Å². The van der Waals surface area contributed by atoms with Crippen LogP contribution in [0.1, 0.15) is 34.3 Å². The van der Waals surface area contributed by atoms with Crippen molar-refractivity contribution in [2.75, 3.05) is 18.4 Å². The van der Waals surface area contributed by atoms with E-state index in [2.05, 4.69) is 35.9 Å². The lowest BCUT2D eigenvalue weighted by molar-refractivity contribution is -0.122. The van der Waals surface area contributed by atoms with Gasteiger partial charge in [0.25, 0.3) is 5.91 Å².